The Balaban J connectivity index is 1.83. The topological polar surface area (TPSA) is 83.8 Å². The summed E-state index contributed by atoms with van der Waals surface area (Å²) < 4.78 is 31.6. The van der Waals surface area contributed by atoms with Crippen LogP contribution in [0.5, 0.6) is 0 Å². The highest BCUT2D eigenvalue weighted by molar-refractivity contribution is 5.95. The van der Waals surface area contributed by atoms with E-state index in [1.165, 1.54) is 10.8 Å². The number of rotatable bonds is 4. The molecule has 3 N–H and O–H groups in total. The van der Waals surface area contributed by atoms with Crippen molar-refractivity contribution in [1.82, 2.24) is 4.57 Å². The maximum Gasteiger partial charge on any atom is 0.209 e. The Kier molecular flexibility index (Phi) is 4.27. The highest BCUT2D eigenvalue weighted by Crippen LogP contribution is 2.44. The number of benzene rings is 2. The molecule has 0 aliphatic heterocycles. The number of halogens is 2. The number of fused-ring (bicyclic) bond motifs is 1. The highest BCUT2D eigenvalue weighted by atomic mass is 19.1. The molecule has 0 bridgehead atoms. The van der Waals surface area contributed by atoms with Crippen molar-refractivity contribution in [2.24, 2.45) is 0 Å². The first-order valence-corrected chi connectivity index (χ1v) is 9.03. The molecular weight excluding hydrogens is 362 g/mol. The number of nitrogens with two attached hydrogens (primary N) is 1. The van der Waals surface area contributed by atoms with Crippen LogP contribution in [0, 0.1) is 23.0 Å². The predicted octanol–water partition coefficient (Wildman–Crippen LogP) is 3.72. The predicted molar refractivity (Wildman–Crippen MR) is 104 cm³/mol. The lowest BCUT2D eigenvalue weighted by atomic mass is 10.1. The van der Waals surface area contributed by atoms with Crippen LogP contribution in [0.3, 0.4) is 0 Å². The molecule has 7 heteroatoms. The number of anilines is 2. The van der Waals surface area contributed by atoms with Gasteiger partial charge in [-0.1, -0.05) is 30.3 Å². The van der Waals surface area contributed by atoms with Gasteiger partial charge in [0.2, 0.25) is 5.43 Å². The molecule has 1 aliphatic carbocycles. The number of aromatic nitrogens is 1. The van der Waals surface area contributed by atoms with Crippen LogP contribution in [0.15, 0.2) is 41.3 Å². The molecule has 0 saturated heterocycles. The van der Waals surface area contributed by atoms with E-state index >= 15 is 4.39 Å². The third-order valence-corrected chi connectivity index (χ3v) is 5.24. The zero-order valence-corrected chi connectivity index (χ0v) is 15.2. The van der Waals surface area contributed by atoms with Crippen molar-refractivity contribution < 1.29 is 8.78 Å². The van der Waals surface area contributed by atoms with E-state index in [1.54, 1.807) is 13.0 Å². The summed E-state index contributed by atoms with van der Waals surface area (Å²) >= 11 is 0. The summed E-state index contributed by atoms with van der Waals surface area (Å²) in [4.78, 5) is 12.5. The monoisotopic (exact) mass is 380 g/mol. The summed E-state index contributed by atoms with van der Waals surface area (Å²) in [7, 11) is 0. The van der Waals surface area contributed by atoms with Crippen molar-refractivity contribution in [3.8, 4) is 6.07 Å². The number of nitrogens with one attached hydrogen (secondary N) is 1. The summed E-state index contributed by atoms with van der Waals surface area (Å²) in [5.74, 6) is -1.71. The van der Waals surface area contributed by atoms with Gasteiger partial charge in [0.05, 0.1) is 16.6 Å². The third-order valence-electron chi connectivity index (χ3n) is 5.24. The molecule has 1 saturated carbocycles. The fraction of sp³-hybridized carbons (Fsp3) is 0.238. The zero-order valence-electron chi connectivity index (χ0n) is 15.2. The van der Waals surface area contributed by atoms with Gasteiger partial charge in [-0.05, 0) is 18.9 Å². The molecule has 2 unspecified atom stereocenters. The second-order valence-corrected chi connectivity index (χ2v) is 6.91. The van der Waals surface area contributed by atoms with E-state index in [4.69, 9.17) is 11.0 Å². The smallest absolute Gasteiger partial charge is 0.209 e. The average Bonchev–Trinajstić information content (AvgIpc) is 3.49. The van der Waals surface area contributed by atoms with E-state index in [2.05, 4.69) is 5.32 Å². The van der Waals surface area contributed by atoms with Crippen LogP contribution in [-0.2, 0) is 6.54 Å². The second kappa shape index (κ2) is 6.64. The molecule has 0 amide bonds. The SMILES string of the molecule is CCn1cc(C#N)c(=O)c2c(N)c(F)c(NC3CC3c3ccccc3)c(F)c21. The molecule has 0 spiro atoms. The molecule has 3 aromatic rings. The lowest BCUT2D eigenvalue weighted by molar-refractivity contribution is 0.591. The van der Waals surface area contributed by atoms with Crippen LogP contribution in [0.25, 0.3) is 10.9 Å². The van der Waals surface area contributed by atoms with Crippen LogP contribution in [0.4, 0.5) is 20.2 Å². The van der Waals surface area contributed by atoms with Gasteiger partial charge < -0.3 is 15.6 Å². The Labute approximate surface area is 160 Å². The van der Waals surface area contributed by atoms with Gasteiger partial charge in [0, 0.05) is 24.7 Å². The van der Waals surface area contributed by atoms with E-state index in [0.717, 1.165) is 12.0 Å². The molecule has 5 nitrogen and oxygen atoms in total. The number of pyridine rings is 1. The van der Waals surface area contributed by atoms with E-state index in [-0.39, 0.29) is 34.1 Å². The van der Waals surface area contributed by atoms with Crippen molar-refractivity contribution in [2.45, 2.75) is 31.8 Å². The van der Waals surface area contributed by atoms with E-state index < -0.39 is 22.8 Å². The second-order valence-electron chi connectivity index (χ2n) is 6.91. The average molecular weight is 380 g/mol. The number of hydrogen-bond acceptors (Lipinski definition) is 4. The van der Waals surface area contributed by atoms with Gasteiger partial charge in [0.1, 0.15) is 17.3 Å². The Bertz CT molecular complexity index is 1180. The van der Waals surface area contributed by atoms with E-state index in [9.17, 15) is 9.18 Å². The fourth-order valence-electron chi connectivity index (χ4n) is 3.67. The molecular formula is C21H18F2N4O. The largest absolute Gasteiger partial charge is 0.396 e. The molecule has 0 radical (unpaired) electrons. The first kappa shape index (κ1) is 18.0. The summed E-state index contributed by atoms with van der Waals surface area (Å²) in [6.07, 6.45) is 2.02. The summed E-state index contributed by atoms with van der Waals surface area (Å²) in [6, 6.07) is 11.4. The van der Waals surface area contributed by atoms with E-state index in [1.807, 2.05) is 30.3 Å². The quantitative estimate of drug-likeness (QED) is 0.676. The Morgan fingerprint density at radius 1 is 1.29 bits per heavy atom. The summed E-state index contributed by atoms with van der Waals surface area (Å²) in [5, 5.41) is 11.8. The van der Waals surface area contributed by atoms with Crippen molar-refractivity contribution >= 4 is 22.3 Å². The number of hydrogen-bond donors (Lipinski definition) is 2. The summed E-state index contributed by atoms with van der Waals surface area (Å²) in [5.41, 5.74) is 5.13. The minimum atomic E-state index is -1.00. The van der Waals surface area contributed by atoms with Gasteiger partial charge in [-0.3, -0.25) is 4.79 Å². The van der Waals surface area contributed by atoms with Crippen molar-refractivity contribution in [2.75, 3.05) is 11.1 Å². The molecule has 1 heterocycles. The van der Waals surface area contributed by atoms with Gasteiger partial charge in [-0.2, -0.15) is 5.26 Å². The Morgan fingerprint density at radius 3 is 2.64 bits per heavy atom. The molecule has 28 heavy (non-hydrogen) atoms. The minimum absolute atomic E-state index is 0.0928. The van der Waals surface area contributed by atoms with Crippen LogP contribution in [-0.4, -0.2) is 10.6 Å². The van der Waals surface area contributed by atoms with Gasteiger partial charge in [-0.25, -0.2) is 8.78 Å². The minimum Gasteiger partial charge on any atom is -0.396 e. The van der Waals surface area contributed by atoms with Gasteiger partial charge in [0.15, 0.2) is 11.6 Å². The maximum atomic E-state index is 15.3. The first-order valence-electron chi connectivity index (χ1n) is 9.03. The van der Waals surface area contributed by atoms with Gasteiger partial charge >= 0.3 is 0 Å². The normalized spacial score (nSPS) is 18.1. The molecule has 2 aromatic carbocycles. The van der Waals surface area contributed by atoms with Crippen molar-refractivity contribution in [3.63, 3.8) is 0 Å². The maximum absolute atomic E-state index is 15.3. The molecule has 1 aromatic heterocycles. The first-order chi connectivity index (χ1) is 13.5. The summed E-state index contributed by atoms with van der Waals surface area (Å²) in [6.45, 7) is 2.03. The van der Waals surface area contributed by atoms with Crippen LogP contribution in [0.1, 0.15) is 30.4 Å². The third kappa shape index (κ3) is 2.69. The standard InChI is InChI=1S/C21H18F2N4O/c1-2-27-10-12(9-24)21(28)15-18(25)16(22)19(17(23)20(15)27)26-14-8-13(14)11-6-4-3-5-7-11/h3-7,10,13-14,26H,2,8,25H2,1H3. The fourth-order valence-corrected chi connectivity index (χ4v) is 3.67. The molecule has 4 rings (SSSR count). The molecule has 1 fully saturated rings. The lowest BCUT2D eigenvalue weighted by Crippen LogP contribution is -2.18. The van der Waals surface area contributed by atoms with E-state index in [0.29, 0.717) is 6.54 Å². The van der Waals surface area contributed by atoms with Crippen molar-refractivity contribution in [3.05, 3.63) is 69.5 Å². The molecule has 1 aliphatic rings. The molecule has 2 atom stereocenters. The highest BCUT2D eigenvalue weighted by Gasteiger charge is 2.39. The van der Waals surface area contributed by atoms with Gasteiger partial charge in [-0.15, -0.1) is 0 Å². The lowest BCUT2D eigenvalue weighted by Gasteiger charge is -2.17. The number of aryl methyl sites for hydroxylation is 1. The number of nitriles is 1. The Hall–Kier alpha value is -3.40. The van der Waals surface area contributed by atoms with Crippen LogP contribution >= 0.6 is 0 Å². The molecule has 142 valence electrons. The number of nitrogen functional groups attached to an aromatic ring is 1. The number of nitrogens with zero attached hydrogens (tertiary/aromatic N) is 2. The zero-order chi connectivity index (χ0) is 20.0. The Morgan fingerprint density at radius 2 is 2.00 bits per heavy atom. The van der Waals surface area contributed by atoms with Crippen LogP contribution in [0.2, 0.25) is 0 Å². The van der Waals surface area contributed by atoms with Crippen molar-refractivity contribution in [1.29, 1.82) is 5.26 Å². The van der Waals surface area contributed by atoms with Gasteiger partial charge in [0.25, 0.3) is 0 Å². The van der Waals surface area contributed by atoms with Crippen LogP contribution < -0.4 is 16.5 Å².